The second kappa shape index (κ2) is 12.7. The molecule has 0 fully saturated rings. The van der Waals surface area contributed by atoms with E-state index < -0.39 is 11.9 Å². The van der Waals surface area contributed by atoms with Crippen LogP contribution >= 0.6 is 47.8 Å². The van der Waals surface area contributed by atoms with Crippen LogP contribution < -0.4 is 25.0 Å². The molecule has 1 heterocycles. The van der Waals surface area contributed by atoms with E-state index in [1.807, 2.05) is 0 Å². The number of carbonyl (C=O) groups excluding carboxylic acids is 3. The van der Waals surface area contributed by atoms with E-state index in [-0.39, 0.29) is 24.0 Å². The number of nitrogens with one attached hydrogen (secondary N) is 2. The number of nitrogens with zero attached hydrogens (tertiary/aromatic N) is 1. The first-order valence-electron chi connectivity index (χ1n) is 11.9. The summed E-state index contributed by atoms with van der Waals surface area (Å²) in [6.07, 6.45) is 1.36. The molecule has 4 aromatic carbocycles. The molecule has 1 aliphatic rings. The van der Waals surface area contributed by atoms with Crippen LogP contribution in [0.3, 0.4) is 0 Å². The minimum absolute atomic E-state index is 0.108. The molecule has 5 rings (SSSR count). The largest absolute Gasteiger partial charge is 0.454 e. The van der Waals surface area contributed by atoms with Gasteiger partial charge < -0.3 is 19.5 Å². The molecule has 0 atom stereocenters. The van der Waals surface area contributed by atoms with Gasteiger partial charge in [0.25, 0.3) is 11.8 Å². The van der Waals surface area contributed by atoms with Crippen molar-refractivity contribution in [3.8, 4) is 17.2 Å². The highest BCUT2D eigenvalue weighted by molar-refractivity contribution is 9.11. The summed E-state index contributed by atoms with van der Waals surface area (Å²) < 4.78 is 18.3. The molecule has 12 heteroatoms. The van der Waals surface area contributed by atoms with Gasteiger partial charge >= 0.3 is 5.97 Å². The van der Waals surface area contributed by atoms with E-state index >= 15 is 0 Å². The monoisotopic (exact) mass is 741 g/mol. The topological polar surface area (TPSA) is 115 Å². The SMILES string of the molecule is O=C(NN=Cc1cc(Br)cc(Br)c1OC(=O)c1ccc(Br)cc1)c1cccc(NC(=O)c2ccc3c(c2)OCO3)c1. The quantitative estimate of drug-likeness (QED) is 0.0918. The molecule has 9 nitrogen and oxygen atoms in total. The van der Waals surface area contributed by atoms with E-state index in [1.165, 1.54) is 12.3 Å². The van der Waals surface area contributed by atoms with Gasteiger partial charge in [-0.15, -0.1) is 0 Å². The van der Waals surface area contributed by atoms with Crippen molar-refractivity contribution in [3.63, 3.8) is 0 Å². The molecule has 0 spiro atoms. The maximum absolute atomic E-state index is 12.8. The number of esters is 1. The lowest BCUT2D eigenvalue weighted by molar-refractivity contribution is 0.0732. The van der Waals surface area contributed by atoms with Crippen LogP contribution in [-0.4, -0.2) is 30.8 Å². The molecule has 0 radical (unpaired) electrons. The van der Waals surface area contributed by atoms with Crippen molar-refractivity contribution in [1.82, 2.24) is 5.43 Å². The average Bonchev–Trinajstić information content (AvgIpc) is 3.43. The first kappa shape index (κ1) is 28.5. The van der Waals surface area contributed by atoms with Crippen molar-refractivity contribution >= 4 is 77.5 Å². The predicted molar refractivity (Wildman–Crippen MR) is 163 cm³/mol. The van der Waals surface area contributed by atoms with Gasteiger partial charge in [0.05, 0.1) is 16.3 Å². The number of halogens is 3. The van der Waals surface area contributed by atoms with Crippen molar-refractivity contribution in [1.29, 1.82) is 0 Å². The number of anilines is 1. The zero-order chi connectivity index (χ0) is 28.9. The zero-order valence-electron chi connectivity index (χ0n) is 20.8. The fourth-order valence-corrected chi connectivity index (χ4v) is 5.33. The van der Waals surface area contributed by atoms with E-state index in [2.05, 4.69) is 63.6 Å². The minimum atomic E-state index is -0.557. The maximum atomic E-state index is 12.8. The van der Waals surface area contributed by atoms with Crippen LogP contribution in [0.2, 0.25) is 0 Å². The smallest absolute Gasteiger partial charge is 0.343 e. The van der Waals surface area contributed by atoms with Gasteiger partial charge in [0.15, 0.2) is 17.2 Å². The van der Waals surface area contributed by atoms with Crippen LogP contribution in [0.25, 0.3) is 0 Å². The third kappa shape index (κ3) is 7.02. The van der Waals surface area contributed by atoms with Crippen molar-refractivity contribution in [2.45, 2.75) is 0 Å². The van der Waals surface area contributed by atoms with Gasteiger partial charge in [-0.25, -0.2) is 10.2 Å². The summed E-state index contributed by atoms with van der Waals surface area (Å²) in [5.41, 5.74) is 4.32. The molecule has 2 N–H and O–H groups in total. The Bertz CT molecular complexity index is 1690. The molecule has 0 unspecified atom stereocenters. The van der Waals surface area contributed by atoms with Gasteiger partial charge in [0.2, 0.25) is 6.79 Å². The molecule has 0 aromatic heterocycles. The van der Waals surface area contributed by atoms with E-state index in [0.29, 0.717) is 42.8 Å². The van der Waals surface area contributed by atoms with Crippen LogP contribution in [0.5, 0.6) is 17.2 Å². The second-order valence-corrected chi connectivity index (χ2v) is 11.2. The Labute approximate surface area is 259 Å². The standard InChI is InChI=1S/C29H18Br3N3O6/c30-20-7-4-16(5-8-20)29(38)41-26-19(10-21(31)13-23(26)32)14-33-35-28(37)17-2-1-3-22(11-17)34-27(36)18-6-9-24-25(12-18)40-15-39-24/h1-14H,15H2,(H,34,36)(H,35,37). The first-order chi connectivity index (χ1) is 19.8. The average molecular weight is 744 g/mol. The molecule has 0 saturated heterocycles. The molecule has 41 heavy (non-hydrogen) atoms. The lowest BCUT2D eigenvalue weighted by atomic mass is 10.1. The van der Waals surface area contributed by atoms with E-state index in [1.54, 1.807) is 72.8 Å². The van der Waals surface area contributed by atoms with Gasteiger partial charge in [-0.3, -0.25) is 9.59 Å². The Kier molecular flexibility index (Phi) is 8.81. The van der Waals surface area contributed by atoms with Gasteiger partial charge in [-0.1, -0.05) is 37.9 Å². The molecule has 2 amide bonds. The summed E-state index contributed by atoms with van der Waals surface area (Å²) in [5, 5.41) is 6.81. The fraction of sp³-hybridized carbons (Fsp3) is 0.0345. The highest BCUT2D eigenvalue weighted by Crippen LogP contribution is 2.34. The second-order valence-electron chi connectivity index (χ2n) is 8.50. The van der Waals surface area contributed by atoms with E-state index in [0.717, 1.165) is 4.47 Å². The normalized spacial score (nSPS) is 11.8. The molecule has 0 aliphatic carbocycles. The summed E-state index contributed by atoms with van der Waals surface area (Å²) in [7, 11) is 0. The number of fused-ring (bicyclic) bond motifs is 1. The Morgan fingerprint density at radius 1 is 0.780 bits per heavy atom. The Hall–Kier alpha value is -4.00. The van der Waals surface area contributed by atoms with Crippen LogP contribution in [-0.2, 0) is 0 Å². The number of hydrogen-bond donors (Lipinski definition) is 2. The van der Waals surface area contributed by atoms with Crippen LogP contribution in [0.15, 0.2) is 97.4 Å². The van der Waals surface area contributed by atoms with Gasteiger partial charge in [-0.05, 0) is 88.7 Å². The van der Waals surface area contributed by atoms with Crippen molar-refractivity contribution in [3.05, 3.63) is 115 Å². The molecular formula is C29H18Br3N3O6. The highest BCUT2D eigenvalue weighted by Gasteiger charge is 2.18. The number of rotatable bonds is 7. The summed E-state index contributed by atoms with van der Waals surface area (Å²) in [4.78, 5) is 38.2. The molecule has 0 saturated carbocycles. The van der Waals surface area contributed by atoms with Gasteiger partial charge in [-0.2, -0.15) is 5.10 Å². The molecule has 0 bridgehead atoms. The minimum Gasteiger partial charge on any atom is -0.454 e. The van der Waals surface area contributed by atoms with E-state index in [9.17, 15) is 14.4 Å². The van der Waals surface area contributed by atoms with Crippen molar-refractivity contribution in [2.75, 3.05) is 12.1 Å². The summed E-state index contributed by atoms with van der Waals surface area (Å²) in [6.45, 7) is 0.108. The number of hydrazone groups is 1. The van der Waals surface area contributed by atoms with Crippen LogP contribution in [0.4, 0.5) is 5.69 Å². The first-order valence-corrected chi connectivity index (χ1v) is 14.3. The fourth-order valence-electron chi connectivity index (χ4n) is 3.73. The lowest BCUT2D eigenvalue weighted by Crippen LogP contribution is -2.18. The van der Waals surface area contributed by atoms with Crippen molar-refractivity contribution in [2.24, 2.45) is 5.10 Å². The molecular weight excluding hydrogens is 726 g/mol. The third-order valence-electron chi connectivity index (χ3n) is 5.70. The molecule has 4 aromatic rings. The van der Waals surface area contributed by atoms with E-state index in [4.69, 9.17) is 14.2 Å². The summed E-state index contributed by atoms with van der Waals surface area (Å²) >= 11 is 10.2. The number of benzene rings is 4. The van der Waals surface area contributed by atoms with Gasteiger partial charge in [0.1, 0.15) is 0 Å². The van der Waals surface area contributed by atoms with Crippen LogP contribution in [0, 0.1) is 0 Å². The third-order valence-corrected chi connectivity index (χ3v) is 7.27. The number of ether oxygens (including phenoxy) is 3. The Morgan fingerprint density at radius 2 is 1.51 bits per heavy atom. The predicted octanol–water partition coefficient (Wildman–Crippen LogP) is 6.94. The summed E-state index contributed by atoms with van der Waals surface area (Å²) in [6, 6.07) is 21.5. The summed E-state index contributed by atoms with van der Waals surface area (Å²) in [5.74, 6) is -0.142. The number of carbonyl (C=O) groups is 3. The van der Waals surface area contributed by atoms with Crippen LogP contribution in [0.1, 0.15) is 36.6 Å². The number of hydrogen-bond acceptors (Lipinski definition) is 7. The lowest BCUT2D eigenvalue weighted by Gasteiger charge is -2.11. The highest BCUT2D eigenvalue weighted by atomic mass is 79.9. The molecule has 1 aliphatic heterocycles. The Morgan fingerprint density at radius 3 is 2.32 bits per heavy atom. The number of amides is 2. The maximum Gasteiger partial charge on any atom is 0.343 e. The van der Waals surface area contributed by atoms with Gasteiger partial charge in [0, 0.05) is 31.3 Å². The Balaban J connectivity index is 1.26. The molecule has 206 valence electrons. The van der Waals surface area contributed by atoms with Crippen molar-refractivity contribution < 1.29 is 28.6 Å². The zero-order valence-corrected chi connectivity index (χ0v) is 25.6.